The van der Waals surface area contributed by atoms with E-state index in [0.29, 0.717) is 18.1 Å². The fraction of sp³-hybridized carbons (Fsp3) is 0.800. The highest BCUT2D eigenvalue weighted by atomic mass is 16.4. The Morgan fingerprint density at radius 3 is 0.574 bits per heavy atom. The number of nitrogens with two attached hydrogens (primary N) is 3. The summed E-state index contributed by atoms with van der Waals surface area (Å²) in [5, 5.41) is 25.8. The molecule has 3 aliphatic rings. The van der Waals surface area contributed by atoms with Crippen molar-refractivity contribution in [1.82, 2.24) is 0 Å². The van der Waals surface area contributed by atoms with Gasteiger partial charge in [-0.15, -0.1) is 0 Å². The maximum Gasteiger partial charge on any atom is 0.335 e. The summed E-state index contributed by atoms with van der Waals surface area (Å²) in [6.07, 6.45) is 46.0. The number of carboxylic acid groups (broad SMARTS) is 3. The highest BCUT2D eigenvalue weighted by molar-refractivity contribution is 5.98. The zero-order valence-electron chi connectivity index (χ0n) is 34.1. The van der Waals surface area contributed by atoms with Crippen molar-refractivity contribution in [2.75, 3.05) is 0 Å². The highest BCUT2D eigenvalue weighted by Gasteiger charge is 2.14. The Labute approximate surface area is 329 Å². The molecule has 312 valence electrons. The first-order valence-electron chi connectivity index (χ1n) is 22.2. The predicted molar refractivity (Wildman–Crippen MR) is 224 cm³/mol. The molecule has 9 N–H and O–H groups in total. The summed E-state index contributed by atoms with van der Waals surface area (Å²) in [6, 6.07) is 4.20. The van der Waals surface area contributed by atoms with Crippen molar-refractivity contribution in [1.29, 1.82) is 0 Å². The molecule has 0 unspecified atom stereocenters. The summed E-state index contributed by atoms with van der Waals surface area (Å²) in [7, 11) is 0. The molecule has 3 aliphatic carbocycles. The molecule has 4 rings (SSSR count). The molecule has 0 aliphatic heterocycles. The number of hydrogen-bond donors (Lipinski definition) is 6. The molecular weight excluding hydrogens is 679 g/mol. The van der Waals surface area contributed by atoms with E-state index in [1.54, 1.807) is 0 Å². The number of hydrogen-bond acceptors (Lipinski definition) is 6. The number of aromatic carboxylic acids is 3. The molecule has 3 fully saturated rings. The highest BCUT2D eigenvalue weighted by Crippen LogP contribution is 2.18. The quantitative estimate of drug-likeness (QED) is 0.174. The van der Waals surface area contributed by atoms with Gasteiger partial charge in [-0.05, 0) is 56.7 Å². The van der Waals surface area contributed by atoms with Crippen molar-refractivity contribution in [3.63, 3.8) is 0 Å². The molecule has 1 aromatic rings. The molecule has 0 bridgehead atoms. The molecule has 9 heteroatoms. The lowest BCUT2D eigenvalue weighted by Crippen LogP contribution is -2.19. The van der Waals surface area contributed by atoms with E-state index in [2.05, 4.69) is 0 Å². The molecule has 0 aromatic heterocycles. The summed E-state index contributed by atoms with van der Waals surface area (Å²) < 4.78 is 0. The minimum atomic E-state index is -1.37. The Balaban J connectivity index is 0.000000361. The average Bonchev–Trinajstić information content (AvgIpc) is 3.13. The monoisotopic (exact) mass is 760 g/mol. The zero-order valence-corrected chi connectivity index (χ0v) is 34.1. The fourth-order valence-corrected chi connectivity index (χ4v) is 7.58. The Hall–Kier alpha value is -2.49. The molecule has 0 saturated heterocycles. The van der Waals surface area contributed by atoms with Crippen molar-refractivity contribution in [3.05, 3.63) is 34.9 Å². The molecular formula is C45H81N3O6. The van der Waals surface area contributed by atoms with Gasteiger partial charge in [0.1, 0.15) is 0 Å². The molecule has 1 aromatic carbocycles. The largest absolute Gasteiger partial charge is 0.478 e. The standard InChI is InChI=1S/3C12H25N.C9H6O6/c3*13-12-10-8-6-4-2-1-3-5-7-9-11-12;10-7(11)4-1-5(8(12)13)3-6(2-4)9(14)15/h3*12H,1-11,13H2;1-3H,(H,10,11)(H,12,13)(H,14,15). The molecule has 0 heterocycles. The van der Waals surface area contributed by atoms with E-state index in [1.165, 1.54) is 212 Å². The van der Waals surface area contributed by atoms with Crippen LogP contribution in [0.1, 0.15) is 243 Å². The van der Waals surface area contributed by atoms with E-state index in [-0.39, 0.29) is 16.7 Å². The Kier molecular flexibility index (Phi) is 31.0. The van der Waals surface area contributed by atoms with Gasteiger partial charge in [0.2, 0.25) is 0 Å². The van der Waals surface area contributed by atoms with Crippen molar-refractivity contribution in [2.45, 2.75) is 230 Å². The van der Waals surface area contributed by atoms with E-state index in [0.717, 1.165) is 18.2 Å². The zero-order chi connectivity index (χ0) is 39.7. The van der Waals surface area contributed by atoms with Crippen LogP contribution in [0.2, 0.25) is 0 Å². The van der Waals surface area contributed by atoms with Crippen LogP contribution >= 0.6 is 0 Å². The Bertz CT molecular complexity index is 918. The molecule has 9 nitrogen and oxygen atoms in total. The number of carbonyl (C=O) groups is 3. The van der Waals surface area contributed by atoms with Gasteiger partial charge in [0, 0.05) is 18.1 Å². The smallest absolute Gasteiger partial charge is 0.335 e. The summed E-state index contributed by atoms with van der Waals surface area (Å²) >= 11 is 0. The molecule has 54 heavy (non-hydrogen) atoms. The third-order valence-electron chi connectivity index (χ3n) is 11.1. The normalized spacial score (nSPS) is 20.5. The molecule has 0 atom stereocenters. The van der Waals surface area contributed by atoms with Gasteiger partial charge in [-0.25, -0.2) is 14.4 Å². The number of rotatable bonds is 3. The lowest BCUT2D eigenvalue weighted by atomic mass is 9.99. The first-order valence-corrected chi connectivity index (χ1v) is 22.2. The van der Waals surface area contributed by atoms with E-state index < -0.39 is 17.9 Å². The van der Waals surface area contributed by atoms with Crippen LogP contribution in [-0.4, -0.2) is 51.4 Å². The van der Waals surface area contributed by atoms with Crippen LogP contribution in [0.25, 0.3) is 0 Å². The Morgan fingerprint density at radius 2 is 0.444 bits per heavy atom. The van der Waals surface area contributed by atoms with Gasteiger partial charge in [-0.3, -0.25) is 0 Å². The second-order valence-corrected chi connectivity index (χ2v) is 16.3. The van der Waals surface area contributed by atoms with Gasteiger partial charge in [0.15, 0.2) is 0 Å². The van der Waals surface area contributed by atoms with Crippen LogP contribution in [0.4, 0.5) is 0 Å². The van der Waals surface area contributed by atoms with Gasteiger partial charge in [0.25, 0.3) is 0 Å². The van der Waals surface area contributed by atoms with Gasteiger partial charge < -0.3 is 32.5 Å². The van der Waals surface area contributed by atoms with Crippen LogP contribution in [0.3, 0.4) is 0 Å². The van der Waals surface area contributed by atoms with Crippen molar-refractivity contribution < 1.29 is 29.7 Å². The summed E-state index contributed by atoms with van der Waals surface area (Å²) in [5.41, 5.74) is 16.9. The minimum Gasteiger partial charge on any atom is -0.478 e. The summed E-state index contributed by atoms with van der Waals surface area (Å²) in [6.45, 7) is 0. The van der Waals surface area contributed by atoms with Gasteiger partial charge >= 0.3 is 17.9 Å². The maximum absolute atomic E-state index is 10.6. The average molecular weight is 760 g/mol. The maximum atomic E-state index is 10.6. The van der Waals surface area contributed by atoms with Crippen molar-refractivity contribution >= 4 is 17.9 Å². The number of carboxylic acids is 3. The van der Waals surface area contributed by atoms with E-state index in [9.17, 15) is 14.4 Å². The van der Waals surface area contributed by atoms with Crippen molar-refractivity contribution in [3.8, 4) is 0 Å². The molecule has 0 spiro atoms. The Morgan fingerprint density at radius 1 is 0.315 bits per heavy atom. The number of benzene rings is 1. The van der Waals surface area contributed by atoms with Crippen molar-refractivity contribution in [2.24, 2.45) is 17.2 Å². The third kappa shape index (κ3) is 28.9. The minimum absolute atomic E-state index is 0.368. The second-order valence-electron chi connectivity index (χ2n) is 16.3. The van der Waals surface area contributed by atoms with Gasteiger partial charge in [-0.1, -0.05) is 173 Å². The van der Waals surface area contributed by atoms with Crippen LogP contribution in [0.5, 0.6) is 0 Å². The molecule has 3 saturated carbocycles. The topological polar surface area (TPSA) is 190 Å². The van der Waals surface area contributed by atoms with E-state index in [1.807, 2.05) is 0 Å². The summed E-state index contributed by atoms with van der Waals surface area (Å²) in [5.74, 6) is -4.12. The lowest BCUT2D eigenvalue weighted by molar-refractivity contribution is 0.0696. The van der Waals surface area contributed by atoms with Crippen LogP contribution in [0.15, 0.2) is 18.2 Å². The van der Waals surface area contributed by atoms with Crippen LogP contribution < -0.4 is 17.2 Å². The second kappa shape index (κ2) is 33.8. The van der Waals surface area contributed by atoms with E-state index >= 15 is 0 Å². The van der Waals surface area contributed by atoms with Crippen LogP contribution in [0, 0.1) is 0 Å². The lowest BCUT2D eigenvalue weighted by Gasteiger charge is -2.12. The fourth-order valence-electron chi connectivity index (χ4n) is 7.58. The van der Waals surface area contributed by atoms with Gasteiger partial charge in [-0.2, -0.15) is 0 Å². The summed E-state index contributed by atoms with van der Waals surface area (Å²) in [4.78, 5) is 31.7. The molecule has 0 amide bonds. The van der Waals surface area contributed by atoms with Gasteiger partial charge in [0.05, 0.1) is 16.7 Å². The first kappa shape index (κ1) is 49.5. The van der Waals surface area contributed by atoms with E-state index in [4.69, 9.17) is 32.5 Å². The predicted octanol–water partition coefficient (Wildman–Crippen LogP) is 11.6. The third-order valence-corrected chi connectivity index (χ3v) is 11.1. The SMILES string of the molecule is NC1CCCCCCCCCCC1.NC1CCCCCCCCCCC1.NC1CCCCCCCCCCC1.O=C(O)c1cc(C(=O)O)cc(C(=O)O)c1. The van der Waals surface area contributed by atoms with Crippen LogP contribution in [-0.2, 0) is 0 Å². The molecule has 0 radical (unpaired) electrons. The first-order chi connectivity index (χ1) is 26.1.